The van der Waals surface area contributed by atoms with Crippen molar-refractivity contribution in [1.82, 2.24) is 0 Å². The molecule has 0 saturated carbocycles. The maximum absolute atomic E-state index is 9.66. The van der Waals surface area contributed by atoms with Crippen LogP contribution in [0.15, 0.2) is 30.3 Å². The highest BCUT2D eigenvalue weighted by atomic mass is 16.4. The van der Waals surface area contributed by atoms with Crippen LogP contribution in [0.4, 0.5) is 0 Å². The molecule has 0 aliphatic heterocycles. The summed E-state index contributed by atoms with van der Waals surface area (Å²) in [6.45, 7) is 1.10. The Hall–Kier alpha value is -1.92. The molecule has 20 heavy (non-hydrogen) atoms. The summed E-state index contributed by atoms with van der Waals surface area (Å²) < 4.78 is 0.990. The van der Waals surface area contributed by atoms with Crippen molar-refractivity contribution in [2.75, 3.05) is 21.1 Å². The third-order valence-electron chi connectivity index (χ3n) is 2.14. The monoisotopic (exact) mass is 283 g/mol. The van der Waals surface area contributed by atoms with Crippen LogP contribution in [0.2, 0.25) is 0 Å². The van der Waals surface area contributed by atoms with E-state index in [-0.39, 0.29) is 0 Å². The van der Waals surface area contributed by atoms with Gasteiger partial charge < -0.3 is 24.6 Å². The van der Waals surface area contributed by atoms with Crippen molar-refractivity contribution in [3.8, 4) is 0 Å². The molecule has 0 saturated heterocycles. The second-order valence-corrected chi connectivity index (χ2v) is 5.37. The molecular formula is C14H21NO5. The normalized spacial score (nSPS) is 12.0. The molecule has 1 atom stereocenters. The molecule has 1 unspecified atom stereocenters. The van der Waals surface area contributed by atoms with Gasteiger partial charge in [0.2, 0.25) is 0 Å². The predicted octanol–water partition coefficient (Wildman–Crippen LogP) is -0.535. The summed E-state index contributed by atoms with van der Waals surface area (Å²) in [7, 11) is 6.60. The molecular weight excluding hydrogens is 262 g/mol. The average Bonchev–Trinajstić information content (AvgIpc) is 2.27. The Morgan fingerprint density at radius 2 is 1.70 bits per heavy atom. The van der Waals surface area contributed by atoms with Crippen molar-refractivity contribution in [1.29, 1.82) is 0 Å². The Morgan fingerprint density at radius 1 is 1.20 bits per heavy atom. The average molecular weight is 283 g/mol. The third-order valence-corrected chi connectivity index (χ3v) is 2.14. The number of hydrogen-bond donors (Lipinski definition) is 2. The Balaban J connectivity index is 0.000000370. The molecule has 0 aliphatic carbocycles. The van der Waals surface area contributed by atoms with Gasteiger partial charge in [-0.2, -0.15) is 0 Å². The van der Waals surface area contributed by atoms with Crippen molar-refractivity contribution in [2.45, 2.75) is 19.1 Å². The summed E-state index contributed by atoms with van der Waals surface area (Å²) in [6.07, 6.45) is -2.72. The van der Waals surface area contributed by atoms with Gasteiger partial charge in [-0.05, 0) is 0 Å². The van der Waals surface area contributed by atoms with Crippen molar-refractivity contribution < 1.29 is 29.4 Å². The molecule has 0 heterocycles. The van der Waals surface area contributed by atoms with Crippen LogP contribution in [0.1, 0.15) is 12.0 Å². The van der Waals surface area contributed by atoms with Crippen LogP contribution in [0, 0.1) is 0 Å². The topological polar surface area (TPSA) is 97.7 Å². The number of carboxylic acids is 2. The van der Waals surface area contributed by atoms with Gasteiger partial charge in [0.05, 0.1) is 33.5 Å². The fourth-order valence-electron chi connectivity index (χ4n) is 1.38. The zero-order valence-electron chi connectivity index (χ0n) is 11.9. The zero-order chi connectivity index (χ0) is 15.8. The van der Waals surface area contributed by atoms with Gasteiger partial charge >= 0.3 is 5.97 Å². The number of carbonyl (C=O) groups is 2. The molecule has 1 aromatic rings. The van der Waals surface area contributed by atoms with Gasteiger partial charge in [0, 0.05) is 5.56 Å². The first-order valence-electron chi connectivity index (χ1n) is 6.07. The van der Waals surface area contributed by atoms with E-state index in [1.54, 1.807) is 0 Å². The van der Waals surface area contributed by atoms with E-state index >= 15 is 0 Å². The molecule has 0 amide bonds. The number of aliphatic hydroxyl groups is 1. The van der Waals surface area contributed by atoms with Crippen LogP contribution in [-0.2, 0) is 16.1 Å². The van der Waals surface area contributed by atoms with Gasteiger partial charge in [-0.1, -0.05) is 30.3 Å². The molecule has 0 fully saturated rings. The number of carboxylic acid groups (broad SMARTS) is 2. The lowest BCUT2D eigenvalue weighted by molar-refractivity contribution is -0.884. The number of hydrogen-bond acceptors (Lipinski definition) is 4. The minimum atomic E-state index is -1.90. The Bertz CT molecular complexity index is 425. The first-order chi connectivity index (χ1) is 9.11. The molecule has 0 aromatic heterocycles. The number of quaternary nitrogens is 1. The largest absolute Gasteiger partial charge is 0.547 e. The molecule has 6 nitrogen and oxygen atoms in total. The number of rotatable bonds is 5. The molecule has 2 N–H and O–H groups in total. The summed E-state index contributed by atoms with van der Waals surface area (Å²) in [5, 5.41) is 25.7. The van der Waals surface area contributed by atoms with E-state index in [0.717, 1.165) is 11.0 Å². The molecule has 0 bridgehead atoms. The number of aliphatic hydroxyl groups excluding tert-OH is 1. The van der Waals surface area contributed by atoms with E-state index < -0.39 is 24.5 Å². The Morgan fingerprint density at radius 3 is 2.00 bits per heavy atom. The quantitative estimate of drug-likeness (QED) is 0.708. The molecule has 0 aliphatic rings. The van der Waals surface area contributed by atoms with Gasteiger partial charge in [-0.25, -0.2) is 0 Å². The van der Waals surface area contributed by atoms with Crippen LogP contribution in [-0.4, -0.2) is 53.9 Å². The minimum Gasteiger partial charge on any atom is -0.547 e. The van der Waals surface area contributed by atoms with Gasteiger partial charge in [0.1, 0.15) is 12.6 Å². The minimum absolute atomic E-state index is 0.817. The van der Waals surface area contributed by atoms with E-state index in [9.17, 15) is 14.7 Å². The number of carbonyl (C=O) groups excluding carboxylic acids is 1. The van der Waals surface area contributed by atoms with Crippen LogP contribution in [0.5, 0.6) is 0 Å². The molecule has 1 aromatic carbocycles. The number of benzene rings is 1. The first kappa shape index (κ1) is 18.1. The number of nitrogens with zero attached hydrogens (tertiary/aromatic N) is 1. The summed E-state index contributed by atoms with van der Waals surface area (Å²) in [5.41, 5.74) is 1.40. The summed E-state index contributed by atoms with van der Waals surface area (Å²) >= 11 is 0. The van der Waals surface area contributed by atoms with E-state index in [4.69, 9.17) is 10.2 Å². The lowest BCUT2D eigenvalue weighted by Gasteiger charge is -2.23. The number of aliphatic carboxylic acids is 2. The third kappa shape index (κ3) is 10.0. The fraction of sp³-hybridized carbons (Fsp3) is 0.429. The fourth-order valence-corrected chi connectivity index (χ4v) is 1.38. The lowest BCUT2D eigenvalue weighted by atomic mass is 10.2. The van der Waals surface area contributed by atoms with Crippen molar-refractivity contribution >= 4 is 11.9 Å². The predicted molar refractivity (Wildman–Crippen MR) is 71.4 cm³/mol. The second-order valence-electron chi connectivity index (χ2n) is 5.37. The van der Waals surface area contributed by atoms with E-state index in [1.165, 1.54) is 5.56 Å². The molecule has 0 radical (unpaired) electrons. The van der Waals surface area contributed by atoms with Gasteiger partial charge in [0.25, 0.3) is 0 Å². The summed E-state index contributed by atoms with van der Waals surface area (Å²) in [4.78, 5) is 19.3. The molecule has 112 valence electrons. The summed E-state index contributed by atoms with van der Waals surface area (Å²) in [5.74, 6) is -3.14. The SMILES string of the molecule is C[N+](C)(C)Cc1ccccc1.O=C(O)CC(O)C(=O)[O-]. The highest BCUT2D eigenvalue weighted by Crippen LogP contribution is 2.05. The van der Waals surface area contributed by atoms with Crippen LogP contribution < -0.4 is 5.11 Å². The highest BCUT2D eigenvalue weighted by molar-refractivity contribution is 5.77. The first-order valence-corrected chi connectivity index (χ1v) is 6.07. The van der Waals surface area contributed by atoms with Crippen molar-refractivity contribution in [3.05, 3.63) is 35.9 Å². The Kier molecular flexibility index (Phi) is 7.49. The van der Waals surface area contributed by atoms with Gasteiger partial charge in [-0.15, -0.1) is 0 Å². The van der Waals surface area contributed by atoms with Crippen LogP contribution >= 0.6 is 0 Å². The smallest absolute Gasteiger partial charge is 0.306 e. The zero-order valence-corrected chi connectivity index (χ0v) is 11.9. The molecule has 1 rings (SSSR count). The standard InChI is InChI=1S/C10H16N.C4H6O5/c1-11(2,3)9-10-7-5-4-6-8-10;5-2(4(8)9)1-3(6)7/h4-8H,9H2,1-3H3;2,5H,1H2,(H,6,7)(H,8,9)/q+1;/p-1. The maximum atomic E-state index is 9.66. The molecule has 0 spiro atoms. The molecule has 6 heteroatoms. The van der Waals surface area contributed by atoms with Gasteiger partial charge in [0.15, 0.2) is 0 Å². The lowest BCUT2D eigenvalue weighted by Crippen LogP contribution is -2.36. The van der Waals surface area contributed by atoms with Crippen LogP contribution in [0.25, 0.3) is 0 Å². The van der Waals surface area contributed by atoms with E-state index in [2.05, 4.69) is 51.5 Å². The summed E-state index contributed by atoms with van der Waals surface area (Å²) in [6, 6.07) is 10.6. The van der Waals surface area contributed by atoms with Gasteiger partial charge in [-0.3, -0.25) is 4.79 Å². The maximum Gasteiger partial charge on any atom is 0.306 e. The highest BCUT2D eigenvalue weighted by Gasteiger charge is 2.08. The van der Waals surface area contributed by atoms with Crippen molar-refractivity contribution in [3.63, 3.8) is 0 Å². The van der Waals surface area contributed by atoms with Crippen LogP contribution in [0.3, 0.4) is 0 Å². The van der Waals surface area contributed by atoms with E-state index in [1.807, 2.05) is 0 Å². The van der Waals surface area contributed by atoms with E-state index in [0.29, 0.717) is 0 Å². The second kappa shape index (κ2) is 8.29. The Labute approximate surface area is 118 Å². The van der Waals surface area contributed by atoms with Crippen molar-refractivity contribution in [2.24, 2.45) is 0 Å².